The Morgan fingerprint density at radius 1 is 0.262 bits per heavy atom. The van der Waals surface area contributed by atoms with Crippen LogP contribution in [0, 0.1) is 0 Å². The van der Waals surface area contributed by atoms with Crippen LogP contribution in [0.3, 0.4) is 0 Å². The number of nitrogens with zero attached hydrogens (tertiary/aromatic N) is 3. The molecular formula is C60H39N3S2. The number of hydrogen-bond acceptors (Lipinski definition) is 4. The standard InChI is InChI=1S/C60H39N3S2/c1-4-16-42(17-5-1)61(45-29-31-52-50-23-11-14-26-57(50)64-59(52)38-45)47-34-41(40-28-33-56-54(36-40)49-22-10-13-25-55(49)63(56)44-20-8-3-9-21-44)35-48(37-47)62(43-18-6-2-7-19-43)46-30-32-53-51-24-12-15-27-58(51)65-60(53)39-46/h1-39H. The normalized spacial score (nSPS) is 11.7. The molecule has 10 aromatic carbocycles. The first-order valence-electron chi connectivity index (χ1n) is 22.0. The minimum absolute atomic E-state index is 1.07. The smallest absolute Gasteiger partial charge is 0.0541 e. The SMILES string of the molecule is c1ccc(N(c2cc(-c3ccc4c(c3)c3ccccc3n4-c3ccccc3)cc(N(c3ccccc3)c3ccc4c(c3)sc3ccccc34)c2)c2ccc3c(c2)sc2ccccc23)cc1. The average Bonchev–Trinajstić information content (AvgIpc) is 4.04. The summed E-state index contributed by atoms with van der Waals surface area (Å²) in [6.45, 7) is 0. The van der Waals surface area contributed by atoms with Gasteiger partial charge < -0.3 is 14.4 Å². The van der Waals surface area contributed by atoms with Crippen molar-refractivity contribution >= 4 is 119 Å². The number of para-hydroxylation sites is 4. The molecule has 3 heterocycles. The van der Waals surface area contributed by atoms with Crippen LogP contribution in [0.1, 0.15) is 0 Å². The summed E-state index contributed by atoms with van der Waals surface area (Å²) in [6.07, 6.45) is 0. The van der Waals surface area contributed by atoms with Gasteiger partial charge in [-0.05, 0) is 120 Å². The maximum absolute atomic E-state index is 2.43. The zero-order chi connectivity index (χ0) is 42.8. The Morgan fingerprint density at radius 2 is 0.723 bits per heavy atom. The summed E-state index contributed by atoms with van der Waals surface area (Å²) in [5, 5.41) is 7.62. The highest BCUT2D eigenvalue weighted by atomic mass is 32.1. The molecular weight excluding hydrogens is 827 g/mol. The number of thiophene rings is 2. The summed E-state index contributed by atoms with van der Waals surface area (Å²) < 4.78 is 7.52. The van der Waals surface area contributed by atoms with Gasteiger partial charge in [0.05, 0.1) is 11.0 Å². The summed E-state index contributed by atoms with van der Waals surface area (Å²) in [7, 11) is 0. The van der Waals surface area contributed by atoms with Gasteiger partial charge in [0, 0.05) is 90.9 Å². The van der Waals surface area contributed by atoms with Crippen LogP contribution >= 0.6 is 22.7 Å². The third-order valence-electron chi connectivity index (χ3n) is 12.7. The maximum Gasteiger partial charge on any atom is 0.0541 e. The van der Waals surface area contributed by atoms with E-state index in [4.69, 9.17) is 0 Å². The van der Waals surface area contributed by atoms with E-state index >= 15 is 0 Å². The Kier molecular flexibility index (Phi) is 8.90. The van der Waals surface area contributed by atoms with Crippen molar-refractivity contribution in [2.75, 3.05) is 9.80 Å². The molecule has 0 atom stereocenters. The van der Waals surface area contributed by atoms with Crippen molar-refractivity contribution in [2.45, 2.75) is 0 Å². The molecule has 0 unspecified atom stereocenters. The average molecular weight is 866 g/mol. The van der Waals surface area contributed by atoms with E-state index in [1.54, 1.807) is 0 Å². The van der Waals surface area contributed by atoms with Gasteiger partial charge in [0.15, 0.2) is 0 Å². The zero-order valence-corrected chi connectivity index (χ0v) is 36.8. The number of anilines is 6. The van der Waals surface area contributed by atoms with Crippen molar-refractivity contribution in [3.05, 3.63) is 237 Å². The number of fused-ring (bicyclic) bond motifs is 9. The van der Waals surface area contributed by atoms with E-state index in [0.717, 1.165) is 50.9 Å². The summed E-state index contributed by atoms with van der Waals surface area (Å²) in [5.74, 6) is 0. The van der Waals surface area contributed by atoms with Crippen LogP contribution in [0.2, 0.25) is 0 Å². The number of benzene rings is 10. The fourth-order valence-electron chi connectivity index (χ4n) is 9.78. The molecule has 0 aliphatic carbocycles. The monoisotopic (exact) mass is 865 g/mol. The van der Waals surface area contributed by atoms with E-state index < -0.39 is 0 Å². The van der Waals surface area contributed by atoms with Crippen LogP contribution in [0.4, 0.5) is 34.1 Å². The molecule has 65 heavy (non-hydrogen) atoms. The minimum Gasteiger partial charge on any atom is -0.310 e. The zero-order valence-electron chi connectivity index (χ0n) is 35.2. The molecule has 0 fully saturated rings. The van der Waals surface area contributed by atoms with E-state index in [1.165, 1.54) is 62.2 Å². The van der Waals surface area contributed by atoms with Crippen LogP contribution in [0.25, 0.3) is 79.0 Å². The Bertz CT molecular complexity index is 3730. The van der Waals surface area contributed by atoms with Gasteiger partial charge in [-0.25, -0.2) is 0 Å². The minimum atomic E-state index is 1.07. The van der Waals surface area contributed by atoms with Gasteiger partial charge in [-0.3, -0.25) is 0 Å². The largest absolute Gasteiger partial charge is 0.310 e. The van der Waals surface area contributed by atoms with Crippen LogP contribution in [0.5, 0.6) is 0 Å². The van der Waals surface area contributed by atoms with Gasteiger partial charge in [0.2, 0.25) is 0 Å². The topological polar surface area (TPSA) is 11.4 Å². The first-order chi connectivity index (χ1) is 32.2. The number of aromatic nitrogens is 1. The molecule has 0 aliphatic heterocycles. The van der Waals surface area contributed by atoms with Gasteiger partial charge >= 0.3 is 0 Å². The van der Waals surface area contributed by atoms with E-state index in [1.807, 2.05) is 22.7 Å². The van der Waals surface area contributed by atoms with Gasteiger partial charge in [-0.15, -0.1) is 22.7 Å². The molecule has 0 bridgehead atoms. The van der Waals surface area contributed by atoms with Crippen molar-refractivity contribution in [1.29, 1.82) is 0 Å². The molecule has 0 amide bonds. The fourth-order valence-corrected chi connectivity index (χ4v) is 12.1. The predicted molar refractivity (Wildman–Crippen MR) is 281 cm³/mol. The second-order valence-corrected chi connectivity index (χ2v) is 18.7. The Morgan fingerprint density at radius 3 is 1.29 bits per heavy atom. The van der Waals surface area contributed by atoms with Crippen LogP contribution in [0.15, 0.2) is 237 Å². The molecule has 3 aromatic heterocycles. The lowest BCUT2D eigenvalue weighted by molar-refractivity contribution is 1.18. The quantitative estimate of drug-likeness (QED) is 0.151. The second-order valence-electron chi connectivity index (χ2n) is 16.6. The Hall–Kier alpha value is -7.96. The maximum atomic E-state index is 2.43. The summed E-state index contributed by atoms with van der Waals surface area (Å²) >= 11 is 3.71. The van der Waals surface area contributed by atoms with E-state index in [-0.39, 0.29) is 0 Å². The highest BCUT2D eigenvalue weighted by molar-refractivity contribution is 7.26. The van der Waals surface area contributed by atoms with Crippen LogP contribution < -0.4 is 9.80 Å². The molecule has 13 rings (SSSR count). The molecule has 3 nitrogen and oxygen atoms in total. The van der Waals surface area contributed by atoms with Crippen LogP contribution in [-0.2, 0) is 0 Å². The fraction of sp³-hybridized carbons (Fsp3) is 0. The van der Waals surface area contributed by atoms with Crippen LogP contribution in [-0.4, -0.2) is 4.57 Å². The van der Waals surface area contributed by atoms with Gasteiger partial charge in [-0.2, -0.15) is 0 Å². The lowest BCUT2D eigenvalue weighted by Crippen LogP contribution is -2.13. The Labute approximate surface area is 384 Å². The highest BCUT2D eigenvalue weighted by Gasteiger charge is 2.22. The molecule has 5 heteroatoms. The van der Waals surface area contributed by atoms with Gasteiger partial charge in [0.25, 0.3) is 0 Å². The molecule has 13 aromatic rings. The molecule has 0 saturated carbocycles. The molecule has 0 radical (unpaired) electrons. The number of hydrogen-bond donors (Lipinski definition) is 0. The van der Waals surface area contributed by atoms with Crippen molar-refractivity contribution in [3.63, 3.8) is 0 Å². The summed E-state index contributed by atoms with van der Waals surface area (Å²) in [6, 6.07) is 86.6. The molecule has 306 valence electrons. The molecule has 0 saturated heterocycles. The first kappa shape index (κ1) is 37.6. The van der Waals surface area contributed by atoms with Crippen molar-refractivity contribution in [1.82, 2.24) is 4.57 Å². The summed E-state index contributed by atoms with van der Waals surface area (Å²) in [5.41, 5.74) is 12.3. The van der Waals surface area contributed by atoms with Gasteiger partial charge in [-0.1, -0.05) is 127 Å². The first-order valence-corrected chi connectivity index (χ1v) is 23.6. The Balaban J connectivity index is 1.07. The third kappa shape index (κ3) is 6.39. The lowest BCUT2D eigenvalue weighted by Gasteiger charge is -2.30. The lowest BCUT2D eigenvalue weighted by atomic mass is 9.99. The molecule has 0 spiro atoms. The summed E-state index contributed by atoms with van der Waals surface area (Å²) in [4.78, 5) is 4.85. The van der Waals surface area contributed by atoms with E-state index in [0.29, 0.717) is 0 Å². The van der Waals surface area contributed by atoms with E-state index in [9.17, 15) is 0 Å². The van der Waals surface area contributed by atoms with Gasteiger partial charge in [0.1, 0.15) is 0 Å². The number of rotatable bonds is 8. The predicted octanol–water partition coefficient (Wildman–Crippen LogP) is 18.1. The highest BCUT2D eigenvalue weighted by Crippen LogP contribution is 2.47. The van der Waals surface area contributed by atoms with Crippen molar-refractivity contribution in [3.8, 4) is 16.8 Å². The molecule has 0 aliphatic rings. The van der Waals surface area contributed by atoms with Crippen molar-refractivity contribution in [2.24, 2.45) is 0 Å². The van der Waals surface area contributed by atoms with E-state index in [2.05, 4.69) is 251 Å². The van der Waals surface area contributed by atoms with Crippen molar-refractivity contribution < 1.29 is 0 Å². The molecule has 0 N–H and O–H groups in total. The third-order valence-corrected chi connectivity index (χ3v) is 15.0. The second kappa shape index (κ2) is 15.4.